The molecule has 100 valence electrons. The largest absolute Gasteiger partial charge is 0.496 e. The monoisotopic (exact) mass is 249 g/mol. The van der Waals surface area contributed by atoms with Gasteiger partial charge in [-0.3, -0.25) is 4.90 Å². The van der Waals surface area contributed by atoms with E-state index in [9.17, 15) is 0 Å². The van der Waals surface area contributed by atoms with Crippen LogP contribution in [0.4, 0.5) is 0 Å². The fourth-order valence-corrected chi connectivity index (χ4v) is 2.93. The van der Waals surface area contributed by atoms with Gasteiger partial charge >= 0.3 is 0 Å². The van der Waals surface area contributed by atoms with E-state index in [-0.39, 0.29) is 0 Å². The van der Waals surface area contributed by atoms with Crippen molar-refractivity contribution in [1.29, 1.82) is 0 Å². The van der Waals surface area contributed by atoms with Crippen LogP contribution < -0.4 is 9.47 Å². The highest BCUT2D eigenvalue weighted by Crippen LogP contribution is 2.42. The molecule has 0 spiro atoms. The van der Waals surface area contributed by atoms with Crippen LogP contribution in [0.2, 0.25) is 0 Å². The molecule has 0 saturated carbocycles. The first kappa shape index (κ1) is 13.2. The molecule has 1 fully saturated rings. The number of benzene rings is 1. The number of ether oxygens (including phenoxy) is 2. The molecule has 1 atom stereocenters. The molecule has 0 aromatic heterocycles. The summed E-state index contributed by atoms with van der Waals surface area (Å²) in [5, 5.41) is 0. The number of nitrogens with zero attached hydrogens (tertiary/aromatic N) is 1. The van der Waals surface area contributed by atoms with Gasteiger partial charge in [-0.1, -0.05) is 6.07 Å². The SMILES string of the molecule is COc1cccc(OC)c1C1CCCN1C(C)C. The van der Waals surface area contributed by atoms with Crippen LogP contribution >= 0.6 is 0 Å². The van der Waals surface area contributed by atoms with Crippen molar-refractivity contribution < 1.29 is 9.47 Å². The van der Waals surface area contributed by atoms with Crippen molar-refractivity contribution in [3.63, 3.8) is 0 Å². The number of hydrogen-bond donors (Lipinski definition) is 0. The van der Waals surface area contributed by atoms with Gasteiger partial charge in [0.05, 0.1) is 19.8 Å². The second-order valence-corrected chi connectivity index (χ2v) is 5.07. The Kier molecular flexibility index (Phi) is 4.12. The molecule has 0 bridgehead atoms. The summed E-state index contributed by atoms with van der Waals surface area (Å²) in [6.45, 7) is 5.66. The maximum atomic E-state index is 5.52. The molecular weight excluding hydrogens is 226 g/mol. The molecule has 1 aliphatic heterocycles. The molecule has 0 amide bonds. The van der Waals surface area contributed by atoms with E-state index in [0.29, 0.717) is 12.1 Å². The van der Waals surface area contributed by atoms with Crippen LogP contribution in [0.15, 0.2) is 18.2 Å². The van der Waals surface area contributed by atoms with Gasteiger partial charge in [-0.2, -0.15) is 0 Å². The Morgan fingerprint density at radius 1 is 1.17 bits per heavy atom. The van der Waals surface area contributed by atoms with Crippen LogP contribution in [0.5, 0.6) is 11.5 Å². The minimum absolute atomic E-state index is 0.413. The van der Waals surface area contributed by atoms with E-state index in [0.717, 1.165) is 18.0 Å². The van der Waals surface area contributed by atoms with Gasteiger partial charge in [0.1, 0.15) is 11.5 Å². The van der Waals surface area contributed by atoms with Crippen LogP contribution in [0.1, 0.15) is 38.3 Å². The van der Waals surface area contributed by atoms with E-state index in [4.69, 9.17) is 9.47 Å². The van der Waals surface area contributed by atoms with Crippen molar-refractivity contribution >= 4 is 0 Å². The Hall–Kier alpha value is -1.22. The number of likely N-dealkylation sites (tertiary alicyclic amines) is 1. The van der Waals surface area contributed by atoms with E-state index >= 15 is 0 Å². The predicted octanol–water partition coefficient (Wildman–Crippen LogP) is 3.25. The third-order valence-corrected chi connectivity index (χ3v) is 3.76. The van der Waals surface area contributed by atoms with E-state index in [1.54, 1.807) is 14.2 Å². The second-order valence-electron chi connectivity index (χ2n) is 5.07. The average molecular weight is 249 g/mol. The molecule has 1 saturated heterocycles. The van der Waals surface area contributed by atoms with E-state index < -0.39 is 0 Å². The lowest BCUT2D eigenvalue weighted by atomic mass is 10.0. The molecule has 1 unspecified atom stereocenters. The third-order valence-electron chi connectivity index (χ3n) is 3.76. The Labute approximate surface area is 110 Å². The number of rotatable bonds is 4. The Morgan fingerprint density at radius 3 is 2.28 bits per heavy atom. The van der Waals surface area contributed by atoms with Crippen molar-refractivity contribution in [2.24, 2.45) is 0 Å². The zero-order valence-electron chi connectivity index (χ0n) is 11.8. The van der Waals surface area contributed by atoms with Crippen molar-refractivity contribution in [3.8, 4) is 11.5 Å². The summed E-state index contributed by atoms with van der Waals surface area (Å²) in [7, 11) is 3.46. The topological polar surface area (TPSA) is 21.7 Å². The molecule has 1 aromatic carbocycles. The highest BCUT2D eigenvalue weighted by atomic mass is 16.5. The summed E-state index contributed by atoms with van der Waals surface area (Å²) in [6, 6.07) is 6.99. The summed E-state index contributed by atoms with van der Waals surface area (Å²) in [6.07, 6.45) is 2.42. The summed E-state index contributed by atoms with van der Waals surface area (Å²) < 4.78 is 11.0. The minimum atomic E-state index is 0.413. The van der Waals surface area contributed by atoms with Gasteiger partial charge in [0.2, 0.25) is 0 Å². The van der Waals surface area contributed by atoms with E-state index in [1.807, 2.05) is 18.2 Å². The van der Waals surface area contributed by atoms with Gasteiger partial charge in [-0.25, -0.2) is 0 Å². The summed E-state index contributed by atoms with van der Waals surface area (Å²) in [5.74, 6) is 1.87. The first-order valence-electron chi connectivity index (χ1n) is 6.65. The maximum Gasteiger partial charge on any atom is 0.127 e. The number of methoxy groups -OCH3 is 2. The molecule has 0 N–H and O–H groups in total. The van der Waals surface area contributed by atoms with Crippen LogP contribution in [-0.4, -0.2) is 31.7 Å². The smallest absolute Gasteiger partial charge is 0.127 e. The highest BCUT2D eigenvalue weighted by Gasteiger charge is 2.32. The molecule has 3 nitrogen and oxygen atoms in total. The fraction of sp³-hybridized carbons (Fsp3) is 0.600. The summed E-state index contributed by atoms with van der Waals surface area (Å²) >= 11 is 0. The fourth-order valence-electron chi connectivity index (χ4n) is 2.93. The molecule has 2 rings (SSSR count). The molecule has 3 heteroatoms. The number of hydrogen-bond acceptors (Lipinski definition) is 3. The quantitative estimate of drug-likeness (QED) is 0.817. The van der Waals surface area contributed by atoms with Crippen molar-refractivity contribution in [2.75, 3.05) is 20.8 Å². The minimum Gasteiger partial charge on any atom is -0.496 e. The van der Waals surface area contributed by atoms with Gasteiger partial charge < -0.3 is 9.47 Å². The van der Waals surface area contributed by atoms with Gasteiger partial charge in [0, 0.05) is 12.1 Å². The normalized spacial score (nSPS) is 20.4. The maximum absolute atomic E-state index is 5.52. The van der Waals surface area contributed by atoms with Gasteiger partial charge in [0.15, 0.2) is 0 Å². The molecule has 1 aromatic rings. The predicted molar refractivity (Wildman–Crippen MR) is 73.4 cm³/mol. The average Bonchev–Trinajstić information content (AvgIpc) is 2.86. The van der Waals surface area contributed by atoms with E-state index in [1.165, 1.54) is 18.4 Å². The Morgan fingerprint density at radius 2 is 1.78 bits per heavy atom. The lowest BCUT2D eigenvalue weighted by molar-refractivity contribution is 0.198. The lowest BCUT2D eigenvalue weighted by Gasteiger charge is -2.30. The van der Waals surface area contributed by atoms with Crippen LogP contribution in [0.3, 0.4) is 0 Å². The van der Waals surface area contributed by atoms with Crippen LogP contribution in [0, 0.1) is 0 Å². The Balaban J connectivity index is 2.42. The van der Waals surface area contributed by atoms with Crippen LogP contribution in [0.25, 0.3) is 0 Å². The zero-order valence-corrected chi connectivity index (χ0v) is 11.8. The standard InChI is InChI=1S/C15H23NO2/c1-11(2)16-10-6-7-12(16)15-13(17-3)8-5-9-14(15)18-4/h5,8-9,11-12H,6-7,10H2,1-4H3. The van der Waals surface area contributed by atoms with Crippen LogP contribution in [-0.2, 0) is 0 Å². The lowest BCUT2D eigenvalue weighted by Crippen LogP contribution is -2.30. The summed E-state index contributed by atoms with van der Waals surface area (Å²) in [4.78, 5) is 2.53. The second kappa shape index (κ2) is 5.61. The molecule has 0 aliphatic carbocycles. The zero-order chi connectivity index (χ0) is 13.1. The molecule has 0 radical (unpaired) electrons. The third kappa shape index (κ3) is 2.32. The van der Waals surface area contributed by atoms with E-state index in [2.05, 4.69) is 18.7 Å². The first-order chi connectivity index (χ1) is 8.69. The molecule has 1 aliphatic rings. The van der Waals surface area contributed by atoms with Gasteiger partial charge in [-0.15, -0.1) is 0 Å². The highest BCUT2D eigenvalue weighted by molar-refractivity contribution is 5.47. The van der Waals surface area contributed by atoms with Crippen molar-refractivity contribution in [2.45, 2.75) is 38.8 Å². The summed E-state index contributed by atoms with van der Waals surface area (Å²) in [5.41, 5.74) is 1.20. The van der Waals surface area contributed by atoms with Gasteiger partial charge in [-0.05, 0) is 45.4 Å². The molecule has 18 heavy (non-hydrogen) atoms. The van der Waals surface area contributed by atoms with Gasteiger partial charge in [0.25, 0.3) is 0 Å². The Bertz CT molecular complexity index is 381. The first-order valence-corrected chi connectivity index (χ1v) is 6.65. The molecular formula is C15H23NO2. The molecule has 1 heterocycles. The van der Waals surface area contributed by atoms with Crippen molar-refractivity contribution in [1.82, 2.24) is 4.90 Å². The van der Waals surface area contributed by atoms with Crippen molar-refractivity contribution in [3.05, 3.63) is 23.8 Å².